The van der Waals surface area contributed by atoms with Crippen LogP contribution in [0.3, 0.4) is 0 Å². The third-order valence-electron chi connectivity index (χ3n) is 8.86. The minimum Gasteiger partial charge on any atom is -0.490 e. The molecule has 3 fully saturated rings. The van der Waals surface area contributed by atoms with Crippen molar-refractivity contribution in [2.24, 2.45) is 11.8 Å². The molecule has 2 aliphatic heterocycles. The van der Waals surface area contributed by atoms with Gasteiger partial charge in [-0.2, -0.15) is 13.2 Å². The highest BCUT2D eigenvalue weighted by Crippen LogP contribution is 2.45. The van der Waals surface area contributed by atoms with Gasteiger partial charge in [-0.25, -0.2) is 0 Å². The van der Waals surface area contributed by atoms with Gasteiger partial charge in [0.25, 0.3) is 0 Å². The number of benzene rings is 2. The van der Waals surface area contributed by atoms with Crippen LogP contribution in [0.4, 0.5) is 13.2 Å². The summed E-state index contributed by atoms with van der Waals surface area (Å²) in [6.45, 7) is 4.27. The highest BCUT2D eigenvalue weighted by Gasteiger charge is 2.43. The average molecular weight is 504 g/mol. The number of carboxylic acids is 1. The van der Waals surface area contributed by atoms with Crippen LogP contribution in [0.2, 0.25) is 0 Å². The first-order valence-corrected chi connectivity index (χ1v) is 13.4. The van der Waals surface area contributed by atoms with E-state index in [0.29, 0.717) is 24.1 Å². The second-order valence-electron chi connectivity index (χ2n) is 11.3. The Hall–Kier alpha value is -2.28. The van der Waals surface area contributed by atoms with E-state index < -0.39 is 17.7 Å². The van der Waals surface area contributed by atoms with Gasteiger partial charge in [0.15, 0.2) is 0 Å². The van der Waals surface area contributed by atoms with E-state index in [0.717, 1.165) is 50.5 Å². The van der Waals surface area contributed by atoms with Gasteiger partial charge >= 0.3 is 12.1 Å². The quantitative estimate of drug-likeness (QED) is 0.457. The number of aliphatic carboxylic acids is 1. The highest BCUT2D eigenvalue weighted by atomic mass is 19.4. The molecule has 0 radical (unpaired) electrons. The lowest BCUT2D eigenvalue weighted by Crippen LogP contribution is -2.53. The van der Waals surface area contributed by atoms with Crippen LogP contribution in [-0.2, 0) is 11.0 Å². The number of alkyl halides is 3. The number of ether oxygens (including phenoxy) is 1. The first-order valence-electron chi connectivity index (χ1n) is 13.4. The zero-order valence-corrected chi connectivity index (χ0v) is 21.1. The predicted molar refractivity (Wildman–Crippen MR) is 133 cm³/mol. The monoisotopic (exact) mass is 503 g/mol. The van der Waals surface area contributed by atoms with E-state index in [1.54, 1.807) is 12.1 Å². The van der Waals surface area contributed by atoms with Gasteiger partial charge in [-0.1, -0.05) is 31.5 Å². The van der Waals surface area contributed by atoms with Crippen LogP contribution < -0.4 is 4.74 Å². The molecule has 7 heteroatoms. The van der Waals surface area contributed by atoms with Gasteiger partial charge in [-0.3, -0.25) is 9.69 Å². The zero-order valence-electron chi connectivity index (χ0n) is 21.1. The Morgan fingerprint density at radius 1 is 1.03 bits per heavy atom. The van der Waals surface area contributed by atoms with Gasteiger partial charge < -0.3 is 9.84 Å². The second-order valence-corrected chi connectivity index (χ2v) is 11.3. The minimum absolute atomic E-state index is 0.00827. The van der Waals surface area contributed by atoms with E-state index in [9.17, 15) is 23.1 Å². The summed E-state index contributed by atoms with van der Waals surface area (Å²) in [6, 6.07) is 8.93. The van der Waals surface area contributed by atoms with Crippen LogP contribution in [0.25, 0.3) is 10.8 Å². The van der Waals surface area contributed by atoms with Crippen molar-refractivity contribution in [3.8, 4) is 5.75 Å². The van der Waals surface area contributed by atoms with E-state index in [-0.39, 0.29) is 41.3 Å². The van der Waals surface area contributed by atoms with Crippen molar-refractivity contribution in [1.29, 1.82) is 0 Å². The van der Waals surface area contributed by atoms with Crippen molar-refractivity contribution in [1.82, 2.24) is 4.90 Å². The molecule has 196 valence electrons. The smallest absolute Gasteiger partial charge is 0.420 e. The molecule has 1 aliphatic carbocycles. The van der Waals surface area contributed by atoms with Crippen LogP contribution >= 0.6 is 0 Å². The highest BCUT2D eigenvalue weighted by molar-refractivity contribution is 5.89. The number of hydrogen-bond donors (Lipinski definition) is 1. The number of fused-ring (bicyclic) bond motifs is 3. The average Bonchev–Trinajstić information content (AvgIpc) is 2.83. The van der Waals surface area contributed by atoms with Gasteiger partial charge in [0.05, 0.1) is 12.0 Å². The van der Waals surface area contributed by atoms with Crippen molar-refractivity contribution in [3.05, 3.63) is 41.5 Å². The summed E-state index contributed by atoms with van der Waals surface area (Å²) in [4.78, 5) is 14.1. The summed E-state index contributed by atoms with van der Waals surface area (Å²) < 4.78 is 48.7. The normalized spacial score (nSPS) is 30.2. The van der Waals surface area contributed by atoms with Gasteiger partial charge in [-0.05, 0) is 92.7 Å². The lowest BCUT2D eigenvalue weighted by atomic mass is 9.77. The summed E-state index contributed by atoms with van der Waals surface area (Å²) in [6.07, 6.45) is 3.16. The van der Waals surface area contributed by atoms with Gasteiger partial charge in [0.2, 0.25) is 0 Å². The summed E-state index contributed by atoms with van der Waals surface area (Å²) in [5.41, 5.74) is 0.285. The maximum Gasteiger partial charge on any atom is 0.420 e. The Morgan fingerprint density at radius 2 is 1.69 bits per heavy atom. The van der Waals surface area contributed by atoms with Crippen molar-refractivity contribution in [2.75, 3.05) is 0 Å². The van der Waals surface area contributed by atoms with Gasteiger partial charge in [0, 0.05) is 18.1 Å². The molecule has 36 heavy (non-hydrogen) atoms. The number of rotatable bonds is 5. The van der Waals surface area contributed by atoms with Crippen LogP contribution in [0.5, 0.6) is 5.75 Å². The number of hydrogen-bond acceptors (Lipinski definition) is 3. The molecule has 1 N–H and O–H groups in total. The Balaban J connectivity index is 1.44. The van der Waals surface area contributed by atoms with Crippen molar-refractivity contribution in [3.63, 3.8) is 0 Å². The molecule has 0 amide bonds. The first-order chi connectivity index (χ1) is 17.1. The topological polar surface area (TPSA) is 49.8 Å². The third kappa shape index (κ3) is 4.96. The van der Waals surface area contributed by atoms with E-state index in [4.69, 9.17) is 4.74 Å². The molecule has 5 rings (SSSR count). The SMILES string of the molecule is C[C@H](c1ccc2c(C(F)(F)F)c(O[C@H]3CC[C@@H](C)CC3)ccc2c1)N1C2CCCC1CC(C(=O)O)C2. The van der Waals surface area contributed by atoms with Crippen LogP contribution in [0, 0.1) is 11.8 Å². The molecular formula is C29H36F3NO3. The summed E-state index contributed by atoms with van der Waals surface area (Å²) in [5, 5.41) is 10.3. The summed E-state index contributed by atoms with van der Waals surface area (Å²) in [7, 11) is 0. The number of carbonyl (C=O) groups is 1. The molecule has 2 unspecified atom stereocenters. The fourth-order valence-corrected chi connectivity index (χ4v) is 6.93. The number of halogens is 3. The third-order valence-corrected chi connectivity index (χ3v) is 8.86. The standard InChI is InChI=1S/C29H36F3NO3/c1-17-6-10-24(11-7-17)36-26-13-9-20-14-19(8-12-25(20)27(26)29(30,31)32)18(2)33-22-4-3-5-23(33)16-21(15-22)28(34)35/h8-9,12-14,17-18,21-24H,3-7,10-11,15-16H2,1-2H3,(H,34,35)/t17-,18-,21?,22?,23?,24+/m1/s1. The molecule has 2 saturated heterocycles. The molecule has 4 nitrogen and oxygen atoms in total. The molecule has 3 aliphatic rings. The largest absolute Gasteiger partial charge is 0.490 e. The molecule has 2 aromatic rings. The maximum atomic E-state index is 14.3. The van der Waals surface area contributed by atoms with E-state index >= 15 is 0 Å². The first kappa shape index (κ1) is 25.4. The molecule has 2 heterocycles. The van der Waals surface area contributed by atoms with Crippen molar-refractivity contribution in [2.45, 2.75) is 102 Å². The second kappa shape index (κ2) is 9.88. The van der Waals surface area contributed by atoms with E-state index in [1.807, 2.05) is 12.1 Å². The fourth-order valence-electron chi connectivity index (χ4n) is 6.93. The van der Waals surface area contributed by atoms with Gasteiger partial charge in [0.1, 0.15) is 11.3 Å². The zero-order chi connectivity index (χ0) is 25.6. The summed E-state index contributed by atoms with van der Waals surface area (Å²) in [5.74, 6) is -0.495. The number of nitrogens with zero attached hydrogens (tertiary/aromatic N) is 1. The number of carboxylic acid groups (broad SMARTS) is 1. The molecule has 2 aromatic carbocycles. The lowest BCUT2D eigenvalue weighted by molar-refractivity contribution is -0.147. The Kier molecular flexibility index (Phi) is 6.96. The van der Waals surface area contributed by atoms with E-state index in [1.165, 1.54) is 6.07 Å². The Morgan fingerprint density at radius 3 is 2.31 bits per heavy atom. The molecular weight excluding hydrogens is 467 g/mol. The Labute approximate surface area is 210 Å². The molecule has 1 saturated carbocycles. The Bertz CT molecular complexity index is 1090. The summed E-state index contributed by atoms with van der Waals surface area (Å²) >= 11 is 0. The van der Waals surface area contributed by atoms with Crippen LogP contribution in [0.15, 0.2) is 30.3 Å². The van der Waals surface area contributed by atoms with Crippen LogP contribution in [0.1, 0.15) is 88.8 Å². The maximum absolute atomic E-state index is 14.3. The van der Waals surface area contributed by atoms with E-state index in [2.05, 4.69) is 18.7 Å². The number of piperidine rings is 2. The minimum atomic E-state index is -4.51. The van der Waals surface area contributed by atoms with Crippen molar-refractivity contribution >= 4 is 16.7 Å². The molecule has 2 bridgehead atoms. The van der Waals surface area contributed by atoms with Gasteiger partial charge in [-0.15, -0.1) is 0 Å². The molecule has 0 aromatic heterocycles. The van der Waals surface area contributed by atoms with Crippen LogP contribution in [-0.4, -0.2) is 34.2 Å². The molecule has 0 spiro atoms. The fraction of sp³-hybridized carbons (Fsp3) is 0.621. The predicted octanol–water partition coefficient (Wildman–Crippen LogP) is 7.59. The lowest BCUT2D eigenvalue weighted by Gasteiger charge is -2.51. The van der Waals surface area contributed by atoms with Crippen molar-refractivity contribution < 1.29 is 27.8 Å². The molecule has 3 atom stereocenters.